The van der Waals surface area contributed by atoms with Crippen LogP contribution in [0.15, 0.2) is 0 Å². The molecule has 1 N–H and O–H groups in total. The molecule has 0 atom stereocenters. The number of rotatable bonds is 0. The largest absolute Gasteiger partial charge is 0.472 e. The van der Waals surface area contributed by atoms with Gasteiger partial charge >= 0.3 is 5.97 Å². The Morgan fingerprint density at radius 3 is 1.75 bits per heavy atom. The molecule has 42 valence electrons. The average Bonchev–Trinajstić information content (AvgIpc) is 1.69. The van der Waals surface area contributed by atoms with Crippen molar-refractivity contribution >= 4 is 28.6 Å². The van der Waals surface area contributed by atoms with Crippen LogP contribution in [0.4, 0.5) is 0 Å². The van der Waals surface area contributed by atoms with Crippen LogP contribution in [-0.2, 0) is 4.79 Å². The van der Waals surface area contributed by atoms with E-state index in [9.17, 15) is 0 Å². The Labute approximate surface area is 61.4 Å². The minimum atomic E-state index is -1.22. The highest BCUT2D eigenvalue weighted by Gasteiger charge is 1.74. The van der Waals surface area contributed by atoms with Crippen molar-refractivity contribution in [2.45, 2.75) is 0 Å². The van der Waals surface area contributed by atoms with Crippen LogP contribution in [0.25, 0.3) is 0 Å². The zero-order chi connectivity index (χ0) is 6.99. The second-order valence-corrected chi connectivity index (χ2v) is 1.18. The van der Waals surface area contributed by atoms with Gasteiger partial charge in [-0.2, -0.15) is 0 Å². The van der Waals surface area contributed by atoms with Crippen LogP contribution >= 0.6 is 22.6 Å². The second kappa shape index (κ2) is 9.58. The molecule has 0 amide bonds. The van der Waals surface area contributed by atoms with Crippen LogP contribution in [0, 0.1) is 22.7 Å². The van der Waals surface area contributed by atoms with Gasteiger partial charge in [0.25, 0.3) is 0 Å². The molecule has 0 rings (SSSR count). The van der Waals surface area contributed by atoms with Crippen molar-refractivity contribution in [3.8, 4) is 22.7 Å². The minimum Gasteiger partial charge on any atom is -0.472 e. The number of terminal acetylenes is 2. The number of hydrogen-bond acceptors (Lipinski definition) is 1. The molecule has 0 aliphatic rings. The summed E-state index contributed by atoms with van der Waals surface area (Å²) in [6.45, 7) is 0. The highest BCUT2D eigenvalue weighted by Crippen LogP contribution is 1.60. The number of carboxylic acids is 1. The second-order valence-electron chi connectivity index (χ2n) is 0.559. The van der Waals surface area contributed by atoms with Crippen LogP contribution in [-0.4, -0.2) is 11.1 Å². The number of aliphatic carboxylic acids is 1. The summed E-state index contributed by atoms with van der Waals surface area (Å²) in [5, 5.41) is 7.49. The first-order valence-electron chi connectivity index (χ1n) is 1.44. The molecule has 0 aromatic carbocycles. The summed E-state index contributed by atoms with van der Waals surface area (Å²) in [4.78, 5) is 9.13. The lowest BCUT2D eigenvalue weighted by Crippen LogP contribution is -1.83. The molecule has 0 bridgehead atoms. The standard InChI is InChI=1S/C3H2O2.C2HI/c1-2-3(4)5;1-2-3/h1H,(H,4,5);1H. The van der Waals surface area contributed by atoms with Crippen molar-refractivity contribution in [3.63, 3.8) is 0 Å². The van der Waals surface area contributed by atoms with Crippen molar-refractivity contribution in [2.24, 2.45) is 0 Å². The van der Waals surface area contributed by atoms with E-state index in [1.807, 2.05) is 22.6 Å². The monoisotopic (exact) mass is 222 g/mol. The van der Waals surface area contributed by atoms with Crippen molar-refractivity contribution in [1.29, 1.82) is 0 Å². The molecular formula is C5H3IO2. The molecule has 8 heavy (non-hydrogen) atoms. The molecular weight excluding hydrogens is 219 g/mol. The Morgan fingerprint density at radius 2 is 1.75 bits per heavy atom. The zero-order valence-electron chi connectivity index (χ0n) is 3.89. The third-order valence-electron chi connectivity index (χ3n) is 0.123. The maximum absolute atomic E-state index is 9.13. The normalized spacial score (nSPS) is 4.38. The molecule has 0 radical (unpaired) electrons. The van der Waals surface area contributed by atoms with Gasteiger partial charge in [0.05, 0.1) is 0 Å². The zero-order valence-corrected chi connectivity index (χ0v) is 6.05. The van der Waals surface area contributed by atoms with E-state index in [-0.39, 0.29) is 0 Å². The Morgan fingerprint density at radius 1 is 1.62 bits per heavy atom. The van der Waals surface area contributed by atoms with Crippen LogP contribution in [0.3, 0.4) is 0 Å². The molecule has 0 aromatic rings. The summed E-state index contributed by atoms with van der Waals surface area (Å²) in [5.41, 5.74) is 0. The van der Waals surface area contributed by atoms with E-state index in [1.54, 1.807) is 0 Å². The van der Waals surface area contributed by atoms with Crippen LogP contribution in [0.5, 0.6) is 0 Å². The molecule has 0 aliphatic heterocycles. The minimum absolute atomic E-state index is 1.22. The van der Waals surface area contributed by atoms with Gasteiger partial charge in [-0.1, -0.05) is 0 Å². The van der Waals surface area contributed by atoms with E-state index in [4.69, 9.17) is 9.90 Å². The first-order valence-corrected chi connectivity index (χ1v) is 2.52. The molecule has 0 saturated heterocycles. The fourth-order valence-corrected chi connectivity index (χ4v) is 0. The highest BCUT2D eigenvalue weighted by molar-refractivity contribution is 14.1. The molecule has 2 nitrogen and oxygen atoms in total. The van der Waals surface area contributed by atoms with Crippen LogP contribution in [0.2, 0.25) is 0 Å². The Kier molecular flexibility index (Phi) is 12.4. The molecule has 0 unspecified atom stereocenters. The predicted molar refractivity (Wildman–Crippen MR) is 39.3 cm³/mol. The first-order chi connectivity index (χ1) is 3.68. The average molecular weight is 222 g/mol. The van der Waals surface area contributed by atoms with Gasteiger partial charge in [0.2, 0.25) is 0 Å². The fourth-order valence-electron chi connectivity index (χ4n) is 0. The number of halogens is 1. The predicted octanol–water partition coefficient (Wildman–Crippen LogP) is 0.716. The van der Waals surface area contributed by atoms with Gasteiger partial charge in [0.15, 0.2) is 0 Å². The lowest BCUT2D eigenvalue weighted by molar-refractivity contribution is -0.130. The van der Waals surface area contributed by atoms with Gasteiger partial charge in [0, 0.05) is 28.5 Å². The SMILES string of the molecule is C#CC(=O)O.C#CI. The molecule has 0 fully saturated rings. The van der Waals surface area contributed by atoms with Crippen LogP contribution in [0.1, 0.15) is 0 Å². The van der Waals surface area contributed by atoms with E-state index in [2.05, 4.69) is 16.8 Å². The Balaban J connectivity index is 0. The third kappa shape index (κ3) is 57.0. The van der Waals surface area contributed by atoms with Gasteiger partial charge in [0.1, 0.15) is 0 Å². The quantitative estimate of drug-likeness (QED) is 0.484. The lowest BCUT2D eigenvalue weighted by atomic mass is 10.7. The summed E-state index contributed by atoms with van der Waals surface area (Å²) < 4.78 is 2.22. The Hall–Kier alpha value is -0.680. The maximum Gasteiger partial charge on any atom is 0.381 e. The molecule has 3 heteroatoms. The Bertz CT molecular complexity index is 137. The highest BCUT2D eigenvalue weighted by atomic mass is 127. The third-order valence-corrected chi connectivity index (χ3v) is 0.123. The topological polar surface area (TPSA) is 37.3 Å². The summed E-state index contributed by atoms with van der Waals surface area (Å²) in [6.07, 6.45) is 8.91. The van der Waals surface area contributed by atoms with Gasteiger partial charge in [-0.15, -0.1) is 12.8 Å². The van der Waals surface area contributed by atoms with Crippen molar-refractivity contribution < 1.29 is 9.90 Å². The molecule has 0 aliphatic carbocycles. The maximum atomic E-state index is 9.13. The molecule has 0 aromatic heterocycles. The number of carbonyl (C=O) groups is 1. The number of hydrogen-bond donors (Lipinski definition) is 1. The smallest absolute Gasteiger partial charge is 0.381 e. The van der Waals surface area contributed by atoms with E-state index in [0.717, 1.165) is 0 Å². The fraction of sp³-hybridized carbons (Fsp3) is 0. The van der Waals surface area contributed by atoms with Crippen molar-refractivity contribution in [1.82, 2.24) is 0 Å². The van der Waals surface area contributed by atoms with E-state index in [1.165, 1.54) is 5.92 Å². The van der Waals surface area contributed by atoms with Crippen molar-refractivity contribution in [3.05, 3.63) is 0 Å². The van der Waals surface area contributed by atoms with E-state index < -0.39 is 5.97 Å². The summed E-state index contributed by atoms with van der Waals surface area (Å²) in [7, 11) is 0. The summed E-state index contributed by atoms with van der Waals surface area (Å²) >= 11 is 1.82. The van der Waals surface area contributed by atoms with Gasteiger partial charge < -0.3 is 5.11 Å². The first kappa shape index (κ1) is 10.3. The van der Waals surface area contributed by atoms with Crippen LogP contribution < -0.4 is 0 Å². The van der Waals surface area contributed by atoms with Crippen molar-refractivity contribution in [2.75, 3.05) is 0 Å². The number of carboxylic acid groups (broad SMARTS) is 1. The molecule has 0 saturated carbocycles. The van der Waals surface area contributed by atoms with E-state index >= 15 is 0 Å². The van der Waals surface area contributed by atoms with E-state index in [0.29, 0.717) is 0 Å². The van der Waals surface area contributed by atoms with Gasteiger partial charge in [-0.25, -0.2) is 4.79 Å². The van der Waals surface area contributed by atoms with Gasteiger partial charge in [-0.05, 0) is 3.93 Å². The van der Waals surface area contributed by atoms with Gasteiger partial charge in [-0.3, -0.25) is 0 Å². The molecule has 0 spiro atoms. The molecule has 0 heterocycles. The summed E-state index contributed by atoms with van der Waals surface area (Å²) in [5.74, 6) is 0.227. The summed E-state index contributed by atoms with van der Waals surface area (Å²) in [6, 6.07) is 0. The lowest BCUT2D eigenvalue weighted by Gasteiger charge is -1.60.